The van der Waals surface area contributed by atoms with Gasteiger partial charge in [-0.2, -0.15) is 4.98 Å². The summed E-state index contributed by atoms with van der Waals surface area (Å²) in [7, 11) is 2.15. The summed E-state index contributed by atoms with van der Waals surface area (Å²) in [6, 6.07) is 1.24. The van der Waals surface area contributed by atoms with Crippen molar-refractivity contribution in [3.8, 4) is 0 Å². The van der Waals surface area contributed by atoms with Crippen LogP contribution in [0.4, 0.5) is 5.95 Å². The summed E-state index contributed by atoms with van der Waals surface area (Å²) >= 11 is 0. The van der Waals surface area contributed by atoms with Gasteiger partial charge in [-0.3, -0.25) is 0 Å². The third-order valence-electron chi connectivity index (χ3n) is 4.83. The number of hydrogen-bond acceptors (Lipinski definition) is 6. The first kappa shape index (κ1) is 11.7. The molecule has 0 aromatic carbocycles. The summed E-state index contributed by atoms with van der Waals surface area (Å²) in [6.07, 6.45) is 3.72. The Bertz CT molecular complexity index is 454. The molecule has 0 aliphatic carbocycles. The van der Waals surface area contributed by atoms with Crippen LogP contribution >= 0.6 is 0 Å². The molecule has 3 fully saturated rings. The molecule has 19 heavy (non-hydrogen) atoms. The molecular formula is C13H21N5O. The second-order valence-electron chi connectivity index (χ2n) is 6.11. The first-order chi connectivity index (χ1) is 9.29. The van der Waals surface area contributed by atoms with E-state index in [1.165, 1.54) is 12.8 Å². The van der Waals surface area contributed by atoms with E-state index in [1.54, 1.807) is 0 Å². The van der Waals surface area contributed by atoms with Crippen molar-refractivity contribution in [2.75, 3.05) is 38.1 Å². The molecular weight excluding hydrogens is 242 g/mol. The summed E-state index contributed by atoms with van der Waals surface area (Å²) in [5, 5.41) is 7.81. The lowest BCUT2D eigenvalue weighted by atomic mass is 9.89. The first-order valence-corrected chi connectivity index (χ1v) is 7.33. The van der Waals surface area contributed by atoms with E-state index < -0.39 is 0 Å². The van der Waals surface area contributed by atoms with Crippen LogP contribution in [0.5, 0.6) is 0 Å². The molecule has 4 rings (SSSR count). The molecule has 2 bridgehead atoms. The van der Waals surface area contributed by atoms with E-state index in [9.17, 15) is 0 Å². The van der Waals surface area contributed by atoms with E-state index in [0.717, 1.165) is 44.4 Å². The molecule has 0 saturated carbocycles. The van der Waals surface area contributed by atoms with E-state index >= 15 is 0 Å². The van der Waals surface area contributed by atoms with Gasteiger partial charge in [0.25, 0.3) is 5.95 Å². The minimum atomic E-state index is 0.437. The first-order valence-electron chi connectivity index (χ1n) is 7.33. The van der Waals surface area contributed by atoms with Gasteiger partial charge in [-0.1, -0.05) is 0 Å². The van der Waals surface area contributed by atoms with Gasteiger partial charge < -0.3 is 19.6 Å². The molecule has 3 aliphatic rings. The third-order valence-corrected chi connectivity index (χ3v) is 4.83. The molecule has 4 heterocycles. The highest BCUT2D eigenvalue weighted by Crippen LogP contribution is 2.39. The molecule has 0 amide bonds. The van der Waals surface area contributed by atoms with Crippen molar-refractivity contribution in [2.45, 2.75) is 37.3 Å². The van der Waals surface area contributed by atoms with Crippen LogP contribution in [0.3, 0.4) is 0 Å². The smallest absolute Gasteiger partial charge is 0.266 e. The standard InChI is InChI=1S/C13H21N5O/c1-17-4-6-18(7-5-17)13-15-12(19-16-13)10-8-9-2-3-11(10)14-9/h9-11,14H,2-8H2,1H3. The highest BCUT2D eigenvalue weighted by Gasteiger charge is 2.42. The molecule has 1 N–H and O–H groups in total. The topological polar surface area (TPSA) is 57.4 Å². The number of aromatic nitrogens is 2. The number of rotatable bonds is 2. The number of anilines is 1. The number of likely N-dealkylation sites (N-methyl/N-ethyl adjacent to an activating group) is 1. The summed E-state index contributed by atoms with van der Waals surface area (Å²) in [5.41, 5.74) is 0. The van der Waals surface area contributed by atoms with E-state index in [1.807, 2.05) is 0 Å². The Labute approximate surface area is 113 Å². The number of nitrogens with zero attached hydrogens (tertiary/aromatic N) is 4. The molecule has 6 nitrogen and oxygen atoms in total. The Hall–Kier alpha value is -1.14. The van der Waals surface area contributed by atoms with Crippen LogP contribution in [0.1, 0.15) is 31.1 Å². The number of nitrogens with one attached hydrogen (secondary N) is 1. The molecule has 1 aromatic rings. The van der Waals surface area contributed by atoms with Gasteiger partial charge in [-0.05, 0) is 31.5 Å². The fourth-order valence-electron chi connectivity index (χ4n) is 3.61. The molecule has 3 aliphatic heterocycles. The van der Waals surface area contributed by atoms with Gasteiger partial charge in [0, 0.05) is 38.3 Å². The van der Waals surface area contributed by atoms with Crippen molar-refractivity contribution >= 4 is 5.95 Å². The normalized spacial score (nSPS) is 35.2. The Balaban J connectivity index is 1.47. The lowest BCUT2D eigenvalue weighted by molar-refractivity contribution is 0.306. The van der Waals surface area contributed by atoms with Crippen molar-refractivity contribution < 1.29 is 4.52 Å². The molecule has 104 valence electrons. The van der Waals surface area contributed by atoms with Gasteiger partial charge in [0.15, 0.2) is 0 Å². The Morgan fingerprint density at radius 1 is 1.21 bits per heavy atom. The number of piperazine rings is 1. The van der Waals surface area contributed by atoms with Gasteiger partial charge >= 0.3 is 0 Å². The maximum atomic E-state index is 5.52. The maximum Gasteiger partial charge on any atom is 0.266 e. The Kier molecular flexibility index (Phi) is 2.73. The van der Waals surface area contributed by atoms with Crippen LogP contribution in [0.2, 0.25) is 0 Å². The predicted octanol–water partition coefficient (Wildman–Crippen LogP) is 0.429. The van der Waals surface area contributed by atoms with Crippen LogP contribution in [-0.4, -0.2) is 60.4 Å². The second-order valence-corrected chi connectivity index (χ2v) is 6.11. The van der Waals surface area contributed by atoms with Crippen LogP contribution in [0.25, 0.3) is 0 Å². The van der Waals surface area contributed by atoms with E-state index in [-0.39, 0.29) is 0 Å². The van der Waals surface area contributed by atoms with Gasteiger partial charge in [-0.15, -0.1) is 0 Å². The van der Waals surface area contributed by atoms with Crippen molar-refractivity contribution in [3.63, 3.8) is 0 Å². The number of fused-ring (bicyclic) bond motifs is 2. The Morgan fingerprint density at radius 3 is 2.74 bits per heavy atom. The minimum absolute atomic E-state index is 0.437. The van der Waals surface area contributed by atoms with E-state index in [4.69, 9.17) is 4.52 Å². The molecule has 1 aromatic heterocycles. The zero-order chi connectivity index (χ0) is 12.8. The lowest BCUT2D eigenvalue weighted by Gasteiger charge is -2.31. The van der Waals surface area contributed by atoms with Crippen LogP contribution in [0.15, 0.2) is 4.52 Å². The molecule has 3 unspecified atom stereocenters. The third kappa shape index (κ3) is 2.03. The average molecular weight is 263 g/mol. The van der Waals surface area contributed by atoms with Crippen LogP contribution in [0, 0.1) is 0 Å². The van der Waals surface area contributed by atoms with Gasteiger partial charge in [0.05, 0.1) is 5.92 Å². The quantitative estimate of drug-likeness (QED) is 0.835. The maximum absolute atomic E-state index is 5.52. The molecule has 3 saturated heterocycles. The summed E-state index contributed by atoms with van der Waals surface area (Å²) in [5.74, 6) is 2.06. The van der Waals surface area contributed by atoms with Crippen molar-refractivity contribution in [3.05, 3.63) is 5.89 Å². The monoisotopic (exact) mass is 263 g/mol. The second kappa shape index (κ2) is 4.45. The fraction of sp³-hybridized carbons (Fsp3) is 0.846. The SMILES string of the molecule is CN1CCN(c2noc(C3CC4CCC3N4)n2)CC1. The average Bonchev–Trinajstić information content (AvgIpc) is 3.15. The summed E-state index contributed by atoms with van der Waals surface area (Å²) in [4.78, 5) is 9.21. The largest absolute Gasteiger partial charge is 0.337 e. The molecule has 6 heteroatoms. The van der Waals surface area contributed by atoms with Gasteiger partial charge in [-0.25, -0.2) is 0 Å². The Morgan fingerprint density at radius 2 is 2.05 bits per heavy atom. The lowest BCUT2D eigenvalue weighted by Crippen LogP contribution is -2.44. The summed E-state index contributed by atoms with van der Waals surface area (Å²) in [6.45, 7) is 4.12. The van der Waals surface area contributed by atoms with Crippen LogP contribution < -0.4 is 10.2 Å². The molecule has 0 radical (unpaired) electrons. The van der Waals surface area contributed by atoms with Crippen molar-refractivity contribution in [1.29, 1.82) is 0 Å². The van der Waals surface area contributed by atoms with Crippen LogP contribution in [-0.2, 0) is 0 Å². The molecule has 0 spiro atoms. The van der Waals surface area contributed by atoms with Crippen molar-refractivity contribution in [1.82, 2.24) is 20.4 Å². The highest BCUT2D eigenvalue weighted by atomic mass is 16.5. The highest BCUT2D eigenvalue weighted by molar-refractivity contribution is 5.29. The fourth-order valence-corrected chi connectivity index (χ4v) is 3.61. The van der Waals surface area contributed by atoms with E-state index in [2.05, 4.69) is 32.3 Å². The number of hydrogen-bond donors (Lipinski definition) is 1. The van der Waals surface area contributed by atoms with Gasteiger partial charge in [0.1, 0.15) is 0 Å². The van der Waals surface area contributed by atoms with E-state index in [0.29, 0.717) is 18.0 Å². The van der Waals surface area contributed by atoms with Gasteiger partial charge in [0.2, 0.25) is 5.89 Å². The predicted molar refractivity (Wildman–Crippen MR) is 71.3 cm³/mol. The zero-order valence-electron chi connectivity index (χ0n) is 11.4. The summed E-state index contributed by atoms with van der Waals surface area (Å²) < 4.78 is 5.52. The molecule has 3 atom stereocenters. The zero-order valence-corrected chi connectivity index (χ0v) is 11.4. The minimum Gasteiger partial charge on any atom is -0.337 e. The van der Waals surface area contributed by atoms with Crippen molar-refractivity contribution in [2.24, 2.45) is 0 Å².